The van der Waals surface area contributed by atoms with Gasteiger partial charge in [0.25, 0.3) is 0 Å². The summed E-state index contributed by atoms with van der Waals surface area (Å²) >= 11 is 1.36. The zero-order chi connectivity index (χ0) is 16.7. The third-order valence-electron chi connectivity index (χ3n) is 5.38. The van der Waals surface area contributed by atoms with Crippen LogP contribution in [0.2, 0.25) is 0 Å². The van der Waals surface area contributed by atoms with E-state index in [9.17, 15) is 14.7 Å². The molecule has 7 heteroatoms. The maximum Gasteiger partial charge on any atom is 0.345 e. The first-order valence-electron chi connectivity index (χ1n) is 8.46. The van der Waals surface area contributed by atoms with Gasteiger partial charge in [-0.05, 0) is 30.9 Å². The SMILES string of the molecule is O=C(O)c1cc2c(s1)CCOC21CCN(C(=O)C2CCOC2)CC1. The molecule has 24 heavy (non-hydrogen) atoms. The third kappa shape index (κ3) is 2.64. The average Bonchev–Trinajstić information content (AvgIpc) is 3.25. The monoisotopic (exact) mass is 351 g/mol. The van der Waals surface area contributed by atoms with Crippen molar-refractivity contribution < 1.29 is 24.2 Å². The van der Waals surface area contributed by atoms with E-state index in [-0.39, 0.29) is 11.8 Å². The molecule has 1 amide bonds. The van der Waals surface area contributed by atoms with Gasteiger partial charge in [-0.3, -0.25) is 4.79 Å². The molecule has 0 radical (unpaired) electrons. The summed E-state index contributed by atoms with van der Waals surface area (Å²) in [5.41, 5.74) is 0.619. The molecule has 1 aromatic heterocycles. The van der Waals surface area contributed by atoms with Gasteiger partial charge in [-0.15, -0.1) is 11.3 Å². The second-order valence-electron chi connectivity index (χ2n) is 6.73. The van der Waals surface area contributed by atoms with Gasteiger partial charge in [0.05, 0.1) is 24.7 Å². The van der Waals surface area contributed by atoms with Crippen molar-refractivity contribution in [1.82, 2.24) is 4.90 Å². The molecule has 0 saturated carbocycles. The van der Waals surface area contributed by atoms with Crippen LogP contribution in [0.4, 0.5) is 0 Å². The molecular formula is C17H21NO5S. The third-order valence-corrected chi connectivity index (χ3v) is 6.56. The maximum atomic E-state index is 12.5. The number of thiophene rings is 1. The predicted octanol–water partition coefficient (Wildman–Crippen LogP) is 1.87. The smallest absolute Gasteiger partial charge is 0.345 e. The first kappa shape index (κ1) is 16.1. The highest BCUT2D eigenvalue weighted by Crippen LogP contribution is 2.44. The highest BCUT2D eigenvalue weighted by Gasteiger charge is 2.44. The van der Waals surface area contributed by atoms with E-state index in [1.807, 2.05) is 4.90 Å². The largest absolute Gasteiger partial charge is 0.477 e. The molecule has 6 nitrogen and oxygen atoms in total. The van der Waals surface area contributed by atoms with Crippen molar-refractivity contribution in [1.29, 1.82) is 0 Å². The molecule has 0 aliphatic carbocycles. The van der Waals surface area contributed by atoms with Crippen molar-refractivity contribution in [3.63, 3.8) is 0 Å². The number of ether oxygens (including phenoxy) is 2. The highest BCUT2D eigenvalue weighted by molar-refractivity contribution is 7.14. The fraction of sp³-hybridized carbons (Fsp3) is 0.647. The number of nitrogens with zero attached hydrogens (tertiary/aromatic N) is 1. The molecule has 4 rings (SSSR count). The zero-order valence-electron chi connectivity index (χ0n) is 13.5. The normalized spacial score (nSPS) is 25.7. The van der Waals surface area contributed by atoms with Gasteiger partial charge in [-0.1, -0.05) is 0 Å². The van der Waals surface area contributed by atoms with Crippen molar-refractivity contribution in [3.8, 4) is 0 Å². The van der Waals surface area contributed by atoms with Gasteiger partial charge in [0.15, 0.2) is 0 Å². The summed E-state index contributed by atoms with van der Waals surface area (Å²) in [5.74, 6) is -0.685. The van der Waals surface area contributed by atoms with E-state index in [4.69, 9.17) is 9.47 Å². The first-order chi connectivity index (χ1) is 11.6. The minimum absolute atomic E-state index is 0.00152. The Kier molecular flexibility index (Phi) is 4.10. The lowest BCUT2D eigenvalue weighted by Crippen LogP contribution is -2.49. The van der Waals surface area contributed by atoms with Crippen LogP contribution < -0.4 is 0 Å². The van der Waals surface area contributed by atoms with Gasteiger partial charge in [-0.25, -0.2) is 4.79 Å². The lowest BCUT2D eigenvalue weighted by Gasteiger charge is -2.44. The number of carbonyl (C=O) groups is 2. The van der Waals surface area contributed by atoms with Crippen LogP contribution >= 0.6 is 11.3 Å². The van der Waals surface area contributed by atoms with E-state index in [1.54, 1.807) is 6.07 Å². The first-order valence-corrected chi connectivity index (χ1v) is 9.28. The molecule has 3 aliphatic heterocycles. The van der Waals surface area contributed by atoms with E-state index in [0.29, 0.717) is 37.8 Å². The second-order valence-corrected chi connectivity index (χ2v) is 7.87. The Labute approximate surface area is 144 Å². The van der Waals surface area contributed by atoms with Gasteiger partial charge in [0.1, 0.15) is 4.88 Å². The molecule has 1 N–H and O–H groups in total. The summed E-state index contributed by atoms with van der Waals surface area (Å²) < 4.78 is 11.5. The Morgan fingerprint density at radius 1 is 1.29 bits per heavy atom. The van der Waals surface area contributed by atoms with Gasteiger partial charge < -0.3 is 19.5 Å². The number of fused-ring (bicyclic) bond motifs is 2. The number of amides is 1. The topological polar surface area (TPSA) is 76.1 Å². The Morgan fingerprint density at radius 3 is 2.75 bits per heavy atom. The Balaban J connectivity index is 1.51. The fourth-order valence-electron chi connectivity index (χ4n) is 4.01. The van der Waals surface area contributed by atoms with Gasteiger partial charge in [-0.2, -0.15) is 0 Å². The molecule has 1 unspecified atom stereocenters. The zero-order valence-corrected chi connectivity index (χ0v) is 14.3. The molecule has 0 bridgehead atoms. The van der Waals surface area contributed by atoms with Crippen LogP contribution in [-0.4, -0.2) is 54.8 Å². The number of hydrogen-bond acceptors (Lipinski definition) is 5. The van der Waals surface area contributed by atoms with Crippen molar-refractivity contribution in [2.45, 2.75) is 31.3 Å². The molecule has 1 atom stereocenters. The van der Waals surface area contributed by atoms with Crippen LogP contribution in [0.5, 0.6) is 0 Å². The van der Waals surface area contributed by atoms with Crippen LogP contribution in [0.1, 0.15) is 39.4 Å². The molecule has 3 aliphatic rings. The van der Waals surface area contributed by atoms with Crippen molar-refractivity contribution in [3.05, 3.63) is 21.4 Å². The number of carboxylic acid groups (broad SMARTS) is 1. The van der Waals surface area contributed by atoms with Crippen LogP contribution in [0.3, 0.4) is 0 Å². The summed E-state index contributed by atoms with van der Waals surface area (Å²) in [6, 6.07) is 1.78. The average molecular weight is 351 g/mol. The van der Waals surface area contributed by atoms with Crippen LogP contribution in [0.25, 0.3) is 0 Å². The summed E-state index contributed by atoms with van der Waals surface area (Å²) in [6.45, 7) is 3.15. The van der Waals surface area contributed by atoms with E-state index in [2.05, 4.69) is 0 Å². The lowest BCUT2D eigenvalue weighted by molar-refractivity contribution is -0.144. The Morgan fingerprint density at radius 2 is 2.08 bits per heavy atom. The van der Waals surface area contributed by atoms with Gasteiger partial charge in [0, 0.05) is 31.0 Å². The highest BCUT2D eigenvalue weighted by atomic mass is 32.1. The summed E-state index contributed by atoms with van der Waals surface area (Å²) in [5, 5.41) is 9.26. The number of aromatic carboxylic acids is 1. The van der Waals surface area contributed by atoms with E-state index >= 15 is 0 Å². The van der Waals surface area contributed by atoms with Crippen LogP contribution in [0, 0.1) is 5.92 Å². The van der Waals surface area contributed by atoms with Gasteiger partial charge >= 0.3 is 5.97 Å². The minimum atomic E-state index is -0.876. The lowest BCUT2D eigenvalue weighted by atomic mass is 9.82. The quantitative estimate of drug-likeness (QED) is 0.880. The van der Waals surface area contributed by atoms with Crippen LogP contribution in [-0.2, 0) is 26.3 Å². The standard InChI is InChI=1S/C17H21NO5S/c19-15(11-1-7-22-10-11)18-5-3-17(4-6-18)12-9-14(16(20)21)24-13(12)2-8-23-17/h9,11H,1-8,10H2,(H,20,21). The molecule has 4 heterocycles. The van der Waals surface area contributed by atoms with Crippen molar-refractivity contribution >= 4 is 23.2 Å². The van der Waals surface area contributed by atoms with Crippen molar-refractivity contribution in [2.24, 2.45) is 5.92 Å². The second kappa shape index (κ2) is 6.13. The predicted molar refractivity (Wildman–Crippen MR) is 87.4 cm³/mol. The van der Waals surface area contributed by atoms with E-state index in [0.717, 1.165) is 36.1 Å². The number of piperidine rings is 1. The molecule has 130 valence electrons. The van der Waals surface area contributed by atoms with Crippen molar-refractivity contribution in [2.75, 3.05) is 32.9 Å². The molecule has 2 fully saturated rings. The Hall–Kier alpha value is -1.44. The maximum absolute atomic E-state index is 12.5. The molecule has 1 aromatic rings. The number of carboxylic acids is 1. The number of hydrogen-bond donors (Lipinski definition) is 1. The number of carbonyl (C=O) groups excluding carboxylic acids is 1. The number of rotatable bonds is 2. The van der Waals surface area contributed by atoms with Gasteiger partial charge in [0.2, 0.25) is 5.91 Å². The molecule has 0 aromatic carbocycles. The summed E-state index contributed by atoms with van der Waals surface area (Å²) in [6.07, 6.45) is 3.05. The van der Waals surface area contributed by atoms with E-state index < -0.39 is 11.6 Å². The minimum Gasteiger partial charge on any atom is -0.477 e. The fourth-order valence-corrected chi connectivity index (χ4v) is 5.08. The summed E-state index contributed by atoms with van der Waals surface area (Å²) in [7, 11) is 0. The molecule has 1 spiro atoms. The van der Waals surface area contributed by atoms with Crippen LogP contribution in [0.15, 0.2) is 6.07 Å². The van der Waals surface area contributed by atoms with E-state index in [1.165, 1.54) is 11.3 Å². The number of likely N-dealkylation sites (tertiary alicyclic amines) is 1. The molecule has 2 saturated heterocycles. The Bertz CT molecular complexity index is 656. The molecular weight excluding hydrogens is 330 g/mol. The summed E-state index contributed by atoms with van der Waals surface area (Å²) in [4.78, 5) is 27.3.